The smallest absolute Gasteiger partial charge is 0.230 e. The van der Waals surface area contributed by atoms with Crippen LogP contribution in [-0.4, -0.2) is 30.3 Å². The molecule has 134 valence electrons. The zero-order valence-electron chi connectivity index (χ0n) is 14.2. The van der Waals surface area contributed by atoms with Gasteiger partial charge in [0.15, 0.2) is 16.5 Å². The van der Waals surface area contributed by atoms with Gasteiger partial charge in [0.2, 0.25) is 11.0 Å². The fraction of sp³-hybridized carbons (Fsp3) is 0.167. The molecule has 0 aliphatic rings. The number of carbonyl (C=O) groups is 1. The van der Waals surface area contributed by atoms with Crippen LogP contribution in [-0.2, 0) is 11.2 Å². The van der Waals surface area contributed by atoms with Crippen LogP contribution in [0.25, 0.3) is 10.6 Å². The Bertz CT molecular complexity index is 930. The molecule has 8 heteroatoms. The summed E-state index contributed by atoms with van der Waals surface area (Å²) in [6.45, 7) is 0. The summed E-state index contributed by atoms with van der Waals surface area (Å²) >= 11 is 1.11. The van der Waals surface area contributed by atoms with Crippen molar-refractivity contribution >= 4 is 22.4 Å². The van der Waals surface area contributed by atoms with Gasteiger partial charge in [-0.05, 0) is 29.8 Å². The Hall–Kier alpha value is -3.00. The predicted molar refractivity (Wildman–Crippen MR) is 97.2 cm³/mol. The van der Waals surface area contributed by atoms with Gasteiger partial charge in [-0.1, -0.05) is 29.5 Å². The van der Waals surface area contributed by atoms with E-state index in [1.54, 1.807) is 43.5 Å². The molecule has 6 nitrogen and oxygen atoms in total. The highest BCUT2D eigenvalue weighted by Crippen LogP contribution is 2.29. The van der Waals surface area contributed by atoms with Crippen molar-refractivity contribution in [2.45, 2.75) is 6.42 Å². The average molecular weight is 373 g/mol. The first-order valence-electron chi connectivity index (χ1n) is 7.70. The van der Waals surface area contributed by atoms with Gasteiger partial charge >= 0.3 is 0 Å². The van der Waals surface area contributed by atoms with Crippen molar-refractivity contribution < 1.29 is 18.7 Å². The number of aromatic nitrogens is 2. The number of nitrogens with one attached hydrogen (secondary N) is 1. The molecule has 0 spiro atoms. The molecular weight excluding hydrogens is 357 g/mol. The van der Waals surface area contributed by atoms with Gasteiger partial charge in [-0.3, -0.25) is 4.79 Å². The van der Waals surface area contributed by atoms with Crippen molar-refractivity contribution in [3.63, 3.8) is 0 Å². The Balaban J connectivity index is 1.68. The summed E-state index contributed by atoms with van der Waals surface area (Å²) in [7, 11) is 3.08. The van der Waals surface area contributed by atoms with Gasteiger partial charge in [-0.15, -0.1) is 10.2 Å². The Morgan fingerprint density at radius 2 is 1.88 bits per heavy atom. The summed E-state index contributed by atoms with van der Waals surface area (Å²) in [5, 5.41) is 11.2. The number of carbonyl (C=O) groups excluding carboxylic acids is 1. The molecule has 0 fully saturated rings. The van der Waals surface area contributed by atoms with E-state index in [1.165, 1.54) is 13.2 Å². The summed E-state index contributed by atoms with van der Waals surface area (Å²) in [6, 6.07) is 11.6. The molecule has 0 saturated heterocycles. The minimum absolute atomic E-state index is 0.134. The Morgan fingerprint density at radius 3 is 2.62 bits per heavy atom. The van der Waals surface area contributed by atoms with Crippen LogP contribution in [0.2, 0.25) is 0 Å². The van der Waals surface area contributed by atoms with Crippen molar-refractivity contribution in [1.29, 1.82) is 0 Å². The van der Waals surface area contributed by atoms with E-state index >= 15 is 0 Å². The second kappa shape index (κ2) is 7.92. The van der Waals surface area contributed by atoms with Crippen LogP contribution in [0.4, 0.5) is 9.52 Å². The molecule has 1 aromatic heterocycles. The van der Waals surface area contributed by atoms with E-state index in [4.69, 9.17) is 9.47 Å². The number of anilines is 1. The number of nitrogens with zero attached hydrogens (tertiary/aromatic N) is 2. The van der Waals surface area contributed by atoms with Crippen LogP contribution in [0.3, 0.4) is 0 Å². The fourth-order valence-corrected chi connectivity index (χ4v) is 3.14. The SMILES string of the molecule is COc1ccc(CC(=O)Nc2nnc(-c3ccccc3F)s2)cc1OC. The van der Waals surface area contributed by atoms with Crippen molar-refractivity contribution in [2.75, 3.05) is 19.5 Å². The minimum Gasteiger partial charge on any atom is -0.493 e. The second-order valence-electron chi connectivity index (χ2n) is 5.31. The lowest BCUT2D eigenvalue weighted by atomic mass is 10.1. The summed E-state index contributed by atoms with van der Waals surface area (Å²) < 4.78 is 24.2. The molecule has 2 aromatic carbocycles. The van der Waals surface area contributed by atoms with Gasteiger partial charge in [-0.25, -0.2) is 4.39 Å². The molecular formula is C18H16FN3O3S. The molecule has 0 aliphatic heterocycles. The Kier molecular flexibility index (Phi) is 5.43. The number of hydrogen-bond acceptors (Lipinski definition) is 6. The van der Waals surface area contributed by atoms with Crippen molar-refractivity contribution in [3.05, 3.63) is 53.8 Å². The number of hydrogen-bond donors (Lipinski definition) is 1. The molecule has 0 unspecified atom stereocenters. The molecule has 1 N–H and O–H groups in total. The van der Waals surface area contributed by atoms with Crippen molar-refractivity contribution in [3.8, 4) is 22.1 Å². The first-order valence-corrected chi connectivity index (χ1v) is 8.51. The fourth-order valence-electron chi connectivity index (χ4n) is 2.36. The largest absolute Gasteiger partial charge is 0.493 e. The van der Waals surface area contributed by atoms with Crippen LogP contribution in [0.5, 0.6) is 11.5 Å². The molecule has 0 aliphatic carbocycles. The number of amides is 1. The maximum atomic E-state index is 13.8. The highest BCUT2D eigenvalue weighted by atomic mass is 32.1. The summed E-state index contributed by atoms with van der Waals surface area (Å²) in [4.78, 5) is 12.2. The molecule has 0 saturated carbocycles. The second-order valence-corrected chi connectivity index (χ2v) is 6.28. The third-order valence-corrected chi connectivity index (χ3v) is 4.46. The van der Waals surface area contributed by atoms with E-state index in [-0.39, 0.29) is 18.1 Å². The number of methoxy groups -OCH3 is 2. The van der Waals surface area contributed by atoms with Gasteiger partial charge in [0.25, 0.3) is 0 Å². The maximum absolute atomic E-state index is 13.8. The normalized spacial score (nSPS) is 10.4. The van der Waals surface area contributed by atoms with E-state index in [0.717, 1.165) is 16.9 Å². The average Bonchev–Trinajstić information content (AvgIpc) is 3.10. The first-order chi connectivity index (χ1) is 12.6. The summed E-state index contributed by atoms with van der Waals surface area (Å²) in [5.74, 6) is 0.506. The topological polar surface area (TPSA) is 73.3 Å². The summed E-state index contributed by atoms with van der Waals surface area (Å²) in [6.07, 6.45) is 0.134. The van der Waals surface area contributed by atoms with Crippen LogP contribution in [0.1, 0.15) is 5.56 Å². The highest BCUT2D eigenvalue weighted by molar-refractivity contribution is 7.18. The van der Waals surface area contributed by atoms with E-state index in [9.17, 15) is 9.18 Å². The zero-order chi connectivity index (χ0) is 18.5. The molecule has 0 atom stereocenters. The molecule has 0 radical (unpaired) electrons. The molecule has 1 amide bonds. The van der Waals surface area contributed by atoms with E-state index in [1.807, 2.05) is 0 Å². The lowest BCUT2D eigenvalue weighted by molar-refractivity contribution is -0.115. The highest BCUT2D eigenvalue weighted by Gasteiger charge is 2.13. The quantitative estimate of drug-likeness (QED) is 0.715. The standard InChI is InChI=1S/C18H16FN3O3S/c1-24-14-8-7-11(9-15(14)25-2)10-16(23)20-18-22-21-17(26-18)12-5-3-4-6-13(12)19/h3-9H,10H2,1-2H3,(H,20,22,23). The number of ether oxygens (including phenoxy) is 2. The molecule has 1 heterocycles. The maximum Gasteiger partial charge on any atom is 0.230 e. The lowest BCUT2D eigenvalue weighted by Crippen LogP contribution is -2.14. The van der Waals surface area contributed by atoms with Crippen LogP contribution >= 0.6 is 11.3 Å². The van der Waals surface area contributed by atoms with E-state index in [0.29, 0.717) is 27.2 Å². The molecule has 26 heavy (non-hydrogen) atoms. The lowest BCUT2D eigenvalue weighted by Gasteiger charge is -2.09. The van der Waals surface area contributed by atoms with Crippen LogP contribution < -0.4 is 14.8 Å². The number of rotatable bonds is 6. The van der Waals surface area contributed by atoms with Crippen LogP contribution in [0.15, 0.2) is 42.5 Å². The zero-order valence-corrected chi connectivity index (χ0v) is 15.0. The molecule has 3 aromatic rings. The minimum atomic E-state index is -0.383. The monoisotopic (exact) mass is 373 g/mol. The predicted octanol–water partition coefficient (Wildman–Crippen LogP) is 3.54. The van der Waals surface area contributed by atoms with Gasteiger partial charge in [0, 0.05) is 5.56 Å². The van der Waals surface area contributed by atoms with Gasteiger partial charge in [0.1, 0.15) is 5.82 Å². The molecule has 3 rings (SSSR count). The Labute approximate surface area is 153 Å². The van der Waals surface area contributed by atoms with Crippen LogP contribution in [0, 0.1) is 5.82 Å². The van der Waals surface area contributed by atoms with Crippen molar-refractivity contribution in [2.24, 2.45) is 0 Å². The first kappa shape index (κ1) is 17.8. The summed E-state index contributed by atoms with van der Waals surface area (Å²) in [5.41, 5.74) is 1.12. The third-order valence-electron chi connectivity index (χ3n) is 3.59. The van der Waals surface area contributed by atoms with E-state index < -0.39 is 0 Å². The van der Waals surface area contributed by atoms with Gasteiger partial charge in [-0.2, -0.15) is 0 Å². The van der Waals surface area contributed by atoms with Crippen molar-refractivity contribution in [1.82, 2.24) is 10.2 Å². The van der Waals surface area contributed by atoms with Gasteiger partial charge in [0.05, 0.1) is 20.6 Å². The van der Waals surface area contributed by atoms with Gasteiger partial charge < -0.3 is 14.8 Å². The molecule has 0 bridgehead atoms. The third kappa shape index (κ3) is 3.97. The number of benzene rings is 2. The van der Waals surface area contributed by atoms with E-state index in [2.05, 4.69) is 15.5 Å². The number of halogens is 1. The Morgan fingerprint density at radius 1 is 1.12 bits per heavy atom.